The molecule has 8 rings (SSSR count). The molecule has 0 saturated carbocycles. The number of amides is 4. The topological polar surface area (TPSA) is 182 Å². The summed E-state index contributed by atoms with van der Waals surface area (Å²) in [4.78, 5) is 56.3. The van der Waals surface area contributed by atoms with E-state index in [0.29, 0.717) is 21.9 Å². The summed E-state index contributed by atoms with van der Waals surface area (Å²) >= 11 is 12.4. The first kappa shape index (κ1) is 40.8. The van der Waals surface area contributed by atoms with E-state index in [9.17, 15) is 60.8 Å². The minimum atomic E-state index is -4.87. The fraction of sp³-hybridized carbons (Fsp3) is 0.500. The summed E-state index contributed by atoms with van der Waals surface area (Å²) in [6, 6.07) is 6.59. The zero-order chi connectivity index (χ0) is 42.5. The molecule has 3 N–H and O–H groups in total. The highest BCUT2D eigenvalue weighted by Crippen LogP contribution is 2.66. The molecule has 6 heterocycles. The second-order valence-electron chi connectivity index (χ2n) is 15.4. The molecule has 302 valence electrons. The van der Waals surface area contributed by atoms with Crippen LogP contribution in [-0.2, 0) is 41.0 Å². The van der Waals surface area contributed by atoms with Gasteiger partial charge in [0.05, 0.1) is 69.7 Å². The zero-order valence-corrected chi connectivity index (χ0v) is 31.1. The Labute approximate surface area is 328 Å². The van der Waals surface area contributed by atoms with E-state index in [4.69, 9.17) is 44.5 Å². The summed E-state index contributed by atoms with van der Waals surface area (Å²) in [5.41, 5.74) is -10.8. The lowest BCUT2D eigenvalue weighted by atomic mass is 9.65. The first-order valence-corrected chi connectivity index (χ1v) is 17.7. The third kappa shape index (κ3) is 5.06. The quantitative estimate of drug-likeness (QED) is 0.129. The Morgan fingerprint density at radius 2 is 1.21 bits per heavy atom. The molecule has 13 nitrogen and oxygen atoms in total. The fourth-order valence-corrected chi connectivity index (χ4v) is 10.4. The van der Waals surface area contributed by atoms with Gasteiger partial charge in [-0.3, -0.25) is 19.2 Å². The van der Waals surface area contributed by atoms with Gasteiger partial charge < -0.3 is 24.8 Å². The van der Waals surface area contributed by atoms with Gasteiger partial charge in [0.1, 0.15) is 28.3 Å². The van der Waals surface area contributed by atoms with Gasteiger partial charge in [-0.25, -0.2) is 14.6 Å². The number of carbonyl (C=O) groups excluding carboxylic acids is 4. The standard InChI is InChI=1S/C18H14ClF3N2O5.C18H14ClF3N2O4/c1-15-10-11(16(2,29-15)17(27,28)14(15)19)13(26)24(12(10)25)7-4-5-9(23-3)8(6-7)18(20,21)22;1-16-10-11(17(2,28-16)13(25)12(16)19)15(27)24(14(10)26)8-4-3-7(6-23)9(5-8)18(20,21)22/h4-6,10-11,14,27-28H,1-2H3;3-5,10-13,25H,1-2H3/t10-,11+,14+,15?,16?;10-,11+,12-,13+,16?,17?/m01/s1. The predicted octanol–water partition coefficient (Wildman–Crippen LogP) is 4.42. The van der Waals surface area contributed by atoms with Crippen LogP contribution in [0.5, 0.6) is 0 Å². The number of halogens is 8. The molecule has 57 heavy (non-hydrogen) atoms. The van der Waals surface area contributed by atoms with Gasteiger partial charge in [0, 0.05) is 5.69 Å². The van der Waals surface area contributed by atoms with E-state index in [1.54, 1.807) is 0 Å². The molecule has 0 aliphatic carbocycles. The van der Waals surface area contributed by atoms with Gasteiger partial charge in [0.25, 0.3) is 0 Å². The number of fused-ring (bicyclic) bond motifs is 10. The number of benzene rings is 2. The first-order chi connectivity index (χ1) is 26.1. The summed E-state index contributed by atoms with van der Waals surface area (Å²) in [7, 11) is 0. The molecule has 4 amide bonds. The van der Waals surface area contributed by atoms with Crippen molar-refractivity contribution in [1.82, 2.24) is 0 Å². The molecular formula is C36H28Cl2F6N4O9. The number of hydrogen-bond donors (Lipinski definition) is 3. The number of ether oxygens (including phenoxy) is 2. The van der Waals surface area contributed by atoms with Crippen LogP contribution in [0.25, 0.3) is 4.85 Å². The van der Waals surface area contributed by atoms with Crippen LogP contribution in [0.1, 0.15) is 44.4 Å². The van der Waals surface area contributed by atoms with Crippen LogP contribution < -0.4 is 9.80 Å². The number of carbonyl (C=O) groups is 4. The summed E-state index contributed by atoms with van der Waals surface area (Å²) in [6.07, 6.45) is -10.9. The lowest BCUT2D eigenvalue weighted by Crippen LogP contribution is -2.64. The van der Waals surface area contributed by atoms with Crippen LogP contribution in [0.15, 0.2) is 36.4 Å². The minimum Gasteiger partial charge on any atom is -0.388 e. The third-order valence-corrected chi connectivity index (χ3v) is 13.7. The number of aliphatic hydroxyl groups is 3. The van der Waals surface area contributed by atoms with Crippen molar-refractivity contribution in [3.05, 3.63) is 64.5 Å². The highest BCUT2D eigenvalue weighted by molar-refractivity contribution is 6.28. The number of anilines is 2. The maximum atomic E-state index is 13.3. The molecule has 6 saturated heterocycles. The SMILES string of the molecule is CC12OC(C)([C@H](Cl)[C@@H]1O)[C@H]1C(=O)N(c3ccc(C#N)c(C(F)(F)F)c3)C(=O)[C@H]12.[C-]#[N+]c1ccc(N2C(=O)[C@@H]3[C@H](C2=O)C2(C)OC3(C)[C@@H](Cl)C2(O)O)cc1C(F)(F)F. The van der Waals surface area contributed by atoms with Crippen LogP contribution in [0, 0.1) is 41.6 Å². The van der Waals surface area contributed by atoms with Crippen molar-refractivity contribution in [2.75, 3.05) is 9.80 Å². The van der Waals surface area contributed by atoms with Crippen molar-refractivity contribution in [3.63, 3.8) is 0 Å². The zero-order valence-electron chi connectivity index (χ0n) is 29.6. The lowest BCUT2D eigenvalue weighted by Gasteiger charge is -2.41. The number of nitrogens with zero attached hydrogens (tertiary/aromatic N) is 4. The van der Waals surface area contributed by atoms with E-state index in [1.165, 1.54) is 33.8 Å². The van der Waals surface area contributed by atoms with Crippen molar-refractivity contribution in [2.24, 2.45) is 23.7 Å². The van der Waals surface area contributed by atoms with Crippen LogP contribution >= 0.6 is 23.2 Å². The molecule has 0 radical (unpaired) electrons. The molecule has 4 unspecified atom stereocenters. The highest BCUT2D eigenvalue weighted by atomic mass is 35.5. The predicted molar refractivity (Wildman–Crippen MR) is 181 cm³/mol. The van der Waals surface area contributed by atoms with Crippen molar-refractivity contribution in [1.29, 1.82) is 5.26 Å². The number of nitriles is 1. The number of rotatable bonds is 2. The van der Waals surface area contributed by atoms with Gasteiger partial charge in [0.15, 0.2) is 5.69 Å². The molecule has 21 heteroatoms. The van der Waals surface area contributed by atoms with Crippen molar-refractivity contribution in [3.8, 4) is 6.07 Å². The maximum Gasteiger partial charge on any atom is 0.417 e. The van der Waals surface area contributed by atoms with Gasteiger partial charge in [-0.2, -0.15) is 31.6 Å². The second kappa shape index (κ2) is 12.1. The summed E-state index contributed by atoms with van der Waals surface area (Å²) in [5.74, 6) is -10.6. The van der Waals surface area contributed by atoms with Crippen LogP contribution in [-0.4, -0.2) is 84.0 Å². The first-order valence-electron chi connectivity index (χ1n) is 16.9. The van der Waals surface area contributed by atoms with E-state index < -0.39 is 127 Å². The number of aliphatic hydroxyl groups excluding tert-OH is 1. The molecule has 6 fully saturated rings. The number of imide groups is 2. The smallest absolute Gasteiger partial charge is 0.388 e. The normalized spacial score (nSPS) is 38.6. The maximum absolute atomic E-state index is 13.3. The van der Waals surface area contributed by atoms with Gasteiger partial charge in [-0.1, -0.05) is 6.07 Å². The summed E-state index contributed by atoms with van der Waals surface area (Å²) in [6.45, 7) is 12.5. The molecule has 6 aliphatic heterocycles. The van der Waals surface area contributed by atoms with E-state index in [-0.39, 0.29) is 11.4 Å². The van der Waals surface area contributed by atoms with Crippen LogP contribution in [0.3, 0.4) is 0 Å². The monoisotopic (exact) mass is 844 g/mol. The van der Waals surface area contributed by atoms with Crippen molar-refractivity contribution < 1.29 is 70.3 Å². The Hall–Kier alpha value is -4.34. The van der Waals surface area contributed by atoms with Gasteiger partial charge in [-0.05, 0) is 58.0 Å². The largest absolute Gasteiger partial charge is 0.417 e. The molecular weight excluding hydrogens is 817 g/mol. The summed E-state index contributed by atoms with van der Waals surface area (Å²) in [5, 5.41) is 37.8. The Kier molecular flexibility index (Phi) is 8.67. The van der Waals surface area contributed by atoms with Gasteiger partial charge >= 0.3 is 12.4 Å². The van der Waals surface area contributed by atoms with Gasteiger partial charge in [-0.15, -0.1) is 23.2 Å². The van der Waals surface area contributed by atoms with Gasteiger partial charge in [0.2, 0.25) is 29.4 Å². The van der Waals surface area contributed by atoms with E-state index >= 15 is 0 Å². The molecule has 0 spiro atoms. The average molecular weight is 846 g/mol. The highest BCUT2D eigenvalue weighted by Gasteiger charge is 2.84. The minimum absolute atomic E-state index is 0.289. The average Bonchev–Trinajstić information content (AvgIpc) is 3.82. The molecule has 6 aliphatic rings. The molecule has 11 atom stereocenters. The van der Waals surface area contributed by atoms with E-state index in [2.05, 4.69) is 4.85 Å². The van der Waals surface area contributed by atoms with Crippen molar-refractivity contribution in [2.45, 2.75) is 85.1 Å². The Bertz CT molecular complexity index is 2240. The third-order valence-electron chi connectivity index (χ3n) is 12.3. The van der Waals surface area contributed by atoms with Crippen molar-refractivity contribution >= 4 is 63.9 Å². The lowest BCUT2D eigenvalue weighted by molar-refractivity contribution is -0.244. The Balaban J connectivity index is 0.000000174. The Morgan fingerprint density at radius 3 is 1.70 bits per heavy atom. The summed E-state index contributed by atoms with van der Waals surface area (Å²) < 4.78 is 91.2. The second-order valence-corrected chi connectivity index (χ2v) is 16.3. The molecule has 2 aromatic carbocycles. The fourth-order valence-electron chi connectivity index (χ4n) is 9.55. The van der Waals surface area contributed by atoms with E-state index in [1.807, 2.05) is 0 Å². The Morgan fingerprint density at radius 1 is 0.754 bits per heavy atom. The van der Waals surface area contributed by atoms with E-state index in [0.717, 1.165) is 24.3 Å². The van der Waals surface area contributed by atoms with Crippen LogP contribution in [0.4, 0.5) is 43.4 Å². The number of hydrogen-bond acceptors (Lipinski definition) is 10. The molecule has 2 aromatic rings. The number of alkyl halides is 8. The molecule has 4 bridgehead atoms. The van der Waals surface area contributed by atoms with Crippen LogP contribution in [0.2, 0.25) is 0 Å². The molecule has 0 aromatic heterocycles.